The molecular formula is C23H29F6N3O6. The van der Waals surface area contributed by atoms with E-state index in [9.17, 15) is 26.3 Å². The molecule has 2 N–H and O–H groups in total. The van der Waals surface area contributed by atoms with Crippen LogP contribution in [0.25, 0.3) is 0 Å². The first-order chi connectivity index (χ1) is 17.6. The number of rotatable bonds is 7. The number of halogens is 6. The van der Waals surface area contributed by atoms with E-state index in [1.165, 1.54) is 24.1 Å². The molecule has 2 aliphatic rings. The number of carbonyl (C=O) groups is 2. The number of aromatic nitrogens is 2. The van der Waals surface area contributed by atoms with Crippen LogP contribution in [0, 0.1) is 5.92 Å². The monoisotopic (exact) mass is 557 g/mol. The normalized spacial score (nSPS) is 15.7. The van der Waals surface area contributed by atoms with Crippen molar-refractivity contribution in [3.8, 4) is 0 Å². The topological polar surface area (TPSA) is 118 Å². The Morgan fingerprint density at radius 1 is 1.13 bits per heavy atom. The van der Waals surface area contributed by atoms with E-state index in [1.807, 2.05) is 6.07 Å². The van der Waals surface area contributed by atoms with Crippen LogP contribution >= 0.6 is 0 Å². The maximum atomic E-state index is 10.6. The minimum Gasteiger partial charge on any atom is -0.475 e. The molecule has 0 bridgehead atoms. The molecule has 2 aromatic rings. The third-order valence-electron chi connectivity index (χ3n) is 5.42. The number of furan rings is 1. The minimum atomic E-state index is -5.08. The summed E-state index contributed by atoms with van der Waals surface area (Å²) in [6, 6.07) is 4.01. The molecule has 3 heterocycles. The third-order valence-corrected chi connectivity index (χ3v) is 5.42. The van der Waals surface area contributed by atoms with Gasteiger partial charge in [-0.3, -0.25) is 9.58 Å². The molecule has 1 aliphatic heterocycles. The van der Waals surface area contributed by atoms with Crippen LogP contribution in [0.3, 0.4) is 0 Å². The zero-order valence-corrected chi connectivity index (χ0v) is 20.7. The fraction of sp³-hybridized carbons (Fsp3) is 0.609. The first-order valence-corrected chi connectivity index (χ1v) is 11.6. The Morgan fingerprint density at radius 2 is 1.71 bits per heavy atom. The molecule has 1 saturated carbocycles. The van der Waals surface area contributed by atoms with Gasteiger partial charge in [0.25, 0.3) is 0 Å². The molecule has 0 spiro atoms. The molecule has 15 heteroatoms. The molecule has 0 aromatic carbocycles. The standard InChI is InChI=1S/C19H27N3O2.2C2HF3O2/c1-14(2)24-13-18-17-12-21(11-16-4-3-9-23-16)8-7-19(17)22(20-18)10-15-5-6-15;2*3-2(4,5)1(6)7/h3-4,9,14-15H,5-8,10-13H2,1-2H3;2*(H,6,7). The first-order valence-electron chi connectivity index (χ1n) is 11.6. The van der Waals surface area contributed by atoms with Crippen molar-refractivity contribution in [2.75, 3.05) is 6.54 Å². The Kier molecular flexibility index (Phi) is 10.8. The van der Waals surface area contributed by atoms with E-state index in [0.717, 1.165) is 50.0 Å². The molecule has 1 fully saturated rings. The van der Waals surface area contributed by atoms with Gasteiger partial charge in [-0.05, 0) is 44.7 Å². The number of nitrogens with zero attached hydrogens (tertiary/aromatic N) is 3. The highest BCUT2D eigenvalue weighted by Gasteiger charge is 2.39. The molecule has 0 saturated heterocycles. The largest absolute Gasteiger partial charge is 0.490 e. The van der Waals surface area contributed by atoms with Gasteiger partial charge in [-0.15, -0.1) is 0 Å². The quantitative estimate of drug-likeness (QED) is 0.473. The Bertz CT molecular complexity index is 1020. The summed E-state index contributed by atoms with van der Waals surface area (Å²) in [5, 5.41) is 19.2. The van der Waals surface area contributed by atoms with Crippen LogP contribution in [0.4, 0.5) is 26.3 Å². The summed E-state index contributed by atoms with van der Waals surface area (Å²) in [4.78, 5) is 20.2. The molecule has 9 nitrogen and oxygen atoms in total. The summed E-state index contributed by atoms with van der Waals surface area (Å²) in [5.74, 6) is -3.64. The lowest BCUT2D eigenvalue weighted by molar-refractivity contribution is -0.193. The van der Waals surface area contributed by atoms with Gasteiger partial charge < -0.3 is 19.4 Å². The smallest absolute Gasteiger partial charge is 0.475 e. The van der Waals surface area contributed by atoms with E-state index in [2.05, 4.69) is 29.5 Å². The van der Waals surface area contributed by atoms with Crippen LogP contribution in [0.5, 0.6) is 0 Å². The van der Waals surface area contributed by atoms with Gasteiger partial charge in [0, 0.05) is 37.3 Å². The van der Waals surface area contributed by atoms with Gasteiger partial charge in [0.05, 0.1) is 31.2 Å². The molecular weight excluding hydrogens is 528 g/mol. The maximum Gasteiger partial charge on any atom is 0.490 e. The molecule has 214 valence electrons. The van der Waals surface area contributed by atoms with Crippen LogP contribution < -0.4 is 0 Å². The average molecular weight is 557 g/mol. The van der Waals surface area contributed by atoms with Crippen molar-refractivity contribution in [2.45, 2.75) is 77.8 Å². The predicted octanol–water partition coefficient (Wildman–Crippen LogP) is 4.64. The number of ether oxygens (including phenoxy) is 1. The number of hydrogen-bond acceptors (Lipinski definition) is 6. The number of fused-ring (bicyclic) bond motifs is 1. The van der Waals surface area contributed by atoms with E-state index in [1.54, 1.807) is 6.26 Å². The van der Waals surface area contributed by atoms with E-state index < -0.39 is 24.3 Å². The summed E-state index contributed by atoms with van der Waals surface area (Å²) in [6.07, 6.45) is -4.40. The number of carboxylic acid groups (broad SMARTS) is 2. The maximum absolute atomic E-state index is 10.6. The fourth-order valence-electron chi connectivity index (χ4n) is 3.43. The summed E-state index contributed by atoms with van der Waals surface area (Å²) in [5.41, 5.74) is 3.94. The summed E-state index contributed by atoms with van der Waals surface area (Å²) in [6.45, 7) is 8.74. The highest BCUT2D eigenvalue weighted by molar-refractivity contribution is 5.73. The van der Waals surface area contributed by atoms with Crippen LogP contribution in [0.15, 0.2) is 22.8 Å². The Hall–Kier alpha value is -3.07. The number of aliphatic carboxylic acids is 2. The van der Waals surface area contributed by atoms with Crippen molar-refractivity contribution in [3.63, 3.8) is 0 Å². The number of alkyl halides is 6. The molecule has 2 aromatic heterocycles. The summed E-state index contributed by atoms with van der Waals surface area (Å²) in [7, 11) is 0. The van der Waals surface area contributed by atoms with Gasteiger partial charge >= 0.3 is 24.3 Å². The lowest BCUT2D eigenvalue weighted by Crippen LogP contribution is -2.31. The van der Waals surface area contributed by atoms with Gasteiger partial charge in [-0.1, -0.05) is 0 Å². The van der Waals surface area contributed by atoms with Crippen LogP contribution in [-0.4, -0.2) is 61.8 Å². The van der Waals surface area contributed by atoms with Gasteiger partial charge in [-0.2, -0.15) is 31.4 Å². The van der Waals surface area contributed by atoms with E-state index in [0.29, 0.717) is 6.61 Å². The van der Waals surface area contributed by atoms with Crippen molar-refractivity contribution in [1.82, 2.24) is 14.7 Å². The van der Waals surface area contributed by atoms with Gasteiger partial charge in [0.15, 0.2) is 0 Å². The third kappa shape index (κ3) is 10.4. The Morgan fingerprint density at radius 3 is 2.16 bits per heavy atom. The highest BCUT2D eigenvalue weighted by Crippen LogP contribution is 2.33. The summed E-state index contributed by atoms with van der Waals surface area (Å²) >= 11 is 0. The Labute approximate surface area is 214 Å². The second-order valence-electron chi connectivity index (χ2n) is 9.00. The van der Waals surface area contributed by atoms with Crippen molar-refractivity contribution < 1.29 is 55.3 Å². The van der Waals surface area contributed by atoms with Crippen molar-refractivity contribution >= 4 is 11.9 Å². The molecule has 38 heavy (non-hydrogen) atoms. The van der Waals surface area contributed by atoms with Crippen molar-refractivity contribution in [2.24, 2.45) is 5.92 Å². The Balaban J connectivity index is 0.000000301. The fourth-order valence-corrected chi connectivity index (χ4v) is 3.43. The highest BCUT2D eigenvalue weighted by atomic mass is 19.4. The molecule has 0 radical (unpaired) electrons. The zero-order valence-electron chi connectivity index (χ0n) is 20.7. The number of hydrogen-bond donors (Lipinski definition) is 2. The van der Waals surface area contributed by atoms with E-state index in [-0.39, 0.29) is 6.10 Å². The number of carboxylic acids is 2. The average Bonchev–Trinajstić information content (AvgIpc) is 3.34. The van der Waals surface area contributed by atoms with Gasteiger partial charge in [0.1, 0.15) is 5.76 Å². The van der Waals surface area contributed by atoms with Crippen LogP contribution in [0.1, 0.15) is 49.4 Å². The van der Waals surface area contributed by atoms with E-state index >= 15 is 0 Å². The second-order valence-corrected chi connectivity index (χ2v) is 9.00. The molecule has 4 rings (SSSR count). The molecule has 0 atom stereocenters. The predicted molar refractivity (Wildman–Crippen MR) is 119 cm³/mol. The molecule has 1 aliphatic carbocycles. The second kappa shape index (κ2) is 13.1. The first kappa shape index (κ1) is 31.1. The van der Waals surface area contributed by atoms with Crippen LogP contribution in [-0.2, 0) is 47.0 Å². The van der Waals surface area contributed by atoms with Crippen molar-refractivity contribution in [3.05, 3.63) is 41.1 Å². The lowest BCUT2D eigenvalue weighted by atomic mass is 10.0. The SMILES string of the molecule is CC(C)OCc1nn(CC2CC2)c2c1CN(Cc1ccco1)CC2.O=C(O)C(F)(F)F.O=C(O)C(F)(F)F. The van der Waals surface area contributed by atoms with Crippen LogP contribution in [0.2, 0.25) is 0 Å². The molecule has 0 amide bonds. The van der Waals surface area contributed by atoms with Crippen molar-refractivity contribution in [1.29, 1.82) is 0 Å². The van der Waals surface area contributed by atoms with Gasteiger partial charge in [-0.25, -0.2) is 9.59 Å². The lowest BCUT2D eigenvalue weighted by Gasteiger charge is -2.27. The zero-order chi connectivity index (χ0) is 28.7. The summed E-state index contributed by atoms with van der Waals surface area (Å²) < 4.78 is 77.1. The molecule has 0 unspecified atom stereocenters. The minimum absolute atomic E-state index is 0.233. The van der Waals surface area contributed by atoms with Gasteiger partial charge in [0.2, 0.25) is 0 Å². The van der Waals surface area contributed by atoms with E-state index in [4.69, 9.17) is 34.1 Å².